The van der Waals surface area contributed by atoms with Crippen molar-refractivity contribution in [1.82, 2.24) is 0 Å². The van der Waals surface area contributed by atoms with E-state index in [0.717, 1.165) is 10.0 Å². The fraction of sp³-hybridized carbons (Fsp3) is 0.231. The molecule has 18 heavy (non-hydrogen) atoms. The van der Waals surface area contributed by atoms with Gasteiger partial charge in [0.1, 0.15) is 0 Å². The summed E-state index contributed by atoms with van der Waals surface area (Å²) in [6.07, 6.45) is 3.52. The summed E-state index contributed by atoms with van der Waals surface area (Å²) in [6, 6.07) is 7.53. The van der Waals surface area contributed by atoms with E-state index < -0.39 is 17.9 Å². The highest BCUT2D eigenvalue weighted by atomic mass is 79.9. The van der Waals surface area contributed by atoms with Crippen molar-refractivity contribution in [3.8, 4) is 0 Å². The van der Waals surface area contributed by atoms with Gasteiger partial charge in [-0.25, -0.2) is 0 Å². The van der Waals surface area contributed by atoms with E-state index in [1.165, 1.54) is 7.11 Å². The molecule has 1 aromatic carbocycles. The van der Waals surface area contributed by atoms with Crippen LogP contribution >= 0.6 is 15.9 Å². The molecule has 4 nitrogen and oxygen atoms in total. The van der Waals surface area contributed by atoms with Crippen molar-refractivity contribution in [2.24, 2.45) is 5.92 Å². The Morgan fingerprint density at radius 1 is 1.44 bits per heavy atom. The van der Waals surface area contributed by atoms with Crippen LogP contribution < -0.4 is 0 Å². The van der Waals surface area contributed by atoms with E-state index in [-0.39, 0.29) is 6.42 Å². The molecular formula is C13H13BrO4. The fourth-order valence-corrected chi connectivity index (χ4v) is 1.80. The van der Waals surface area contributed by atoms with Crippen LogP contribution in [0.15, 0.2) is 34.8 Å². The summed E-state index contributed by atoms with van der Waals surface area (Å²) in [7, 11) is 1.18. The molecule has 1 atom stereocenters. The molecule has 0 bridgehead atoms. The molecule has 0 amide bonds. The number of rotatable bonds is 5. The number of allylic oxidation sites excluding steroid dienone is 1. The number of aliphatic carboxylic acids is 1. The van der Waals surface area contributed by atoms with Crippen molar-refractivity contribution in [3.63, 3.8) is 0 Å². The standard InChI is InChI=1S/C13H13BrO4/c1-18-13(17)10(12(15)16)7-4-6-9-5-2-3-8-11(9)14/h2-6,8,10H,7H2,1H3,(H,15,16). The van der Waals surface area contributed by atoms with Crippen molar-refractivity contribution in [3.05, 3.63) is 40.4 Å². The minimum absolute atomic E-state index is 0.101. The summed E-state index contributed by atoms with van der Waals surface area (Å²) >= 11 is 3.38. The molecule has 0 heterocycles. The highest BCUT2D eigenvalue weighted by Crippen LogP contribution is 2.18. The van der Waals surface area contributed by atoms with Crippen molar-refractivity contribution in [1.29, 1.82) is 0 Å². The summed E-state index contributed by atoms with van der Waals surface area (Å²) in [4.78, 5) is 22.1. The molecule has 0 saturated heterocycles. The number of carbonyl (C=O) groups is 2. The number of carboxylic acid groups (broad SMARTS) is 1. The van der Waals surface area contributed by atoms with Crippen LogP contribution in [-0.2, 0) is 14.3 Å². The number of hydrogen-bond acceptors (Lipinski definition) is 3. The zero-order valence-electron chi connectivity index (χ0n) is 9.80. The van der Waals surface area contributed by atoms with Crippen LogP contribution in [0.1, 0.15) is 12.0 Å². The van der Waals surface area contributed by atoms with E-state index in [0.29, 0.717) is 0 Å². The summed E-state index contributed by atoms with van der Waals surface area (Å²) < 4.78 is 5.35. The van der Waals surface area contributed by atoms with E-state index in [9.17, 15) is 9.59 Å². The lowest BCUT2D eigenvalue weighted by Gasteiger charge is -2.06. The van der Waals surface area contributed by atoms with Crippen LogP contribution in [-0.4, -0.2) is 24.2 Å². The fourth-order valence-electron chi connectivity index (χ4n) is 1.38. The second kappa shape index (κ2) is 6.96. The maximum atomic E-state index is 11.2. The highest BCUT2D eigenvalue weighted by Gasteiger charge is 2.25. The molecule has 96 valence electrons. The topological polar surface area (TPSA) is 63.6 Å². The van der Waals surface area contributed by atoms with Crippen molar-refractivity contribution >= 4 is 33.9 Å². The molecule has 0 aromatic heterocycles. The third-order valence-corrected chi connectivity index (χ3v) is 3.08. The second-order valence-corrected chi connectivity index (χ2v) is 4.43. The minimum Gasteiger partial charge on any atom is -0.481 e. The van der Waals surface area contributed by atoms with Gasteiger partial charge >= 0.3 is 11.9 Å². The van der Waals surface area contributed by atoms with E-state index in [2.05, 4.69) is 20.7 Å². The Morgan fingerprint density at radius 3 is 2.67 bits per heavy atom. The summed E-state index contributed by atoms with van der Waals surface area (Å²) in [5.41, 5.74) is 0.923. The molecule has 0 radical (unpaired) electrons. The molecule has 1 unspecified atom stereocenters. The van der Waals surface area contributed by atoms with Gasteiger partial charge in [0.2, 0.25) is 0 Å². The molecule has 5 heteroatoms. The first-order valence-corrected chi connectivity index (χ1v) is 6.07. The Hall–Kier alpha value is -1.62. The molecular weight excluding hydrogens is 300 g/mol. The maximum absolute atomic E-state index is 11.2. The average molecular weight is 313 g/mol. The van der Waals surface area contributed by atoms with Gasteiger partial charge in [0.15, 0.2) is 5.92 Å². The average Bonchev–Trinajstić information content (AvgIpc) is 2.35. The van der Waals surface area contributed by atoms with E-state index in [1.54, 1.807) is 12.2 Å². The predicted molar refractivity (Wildman–Crippen MR) is 70.9 cm³/mol. The molecule has 1 N–H and O–H groups in total. The maximum Gasteiger partial charge on any atom is 0.320 e. The summed E-state index contributed by atoms with van der Waals surface area (Å²) in [6.45, 7) is 0. The third-order valence-electron chi connectivity index (χ3n) is 2.36. The molecule has 0 saturated carbocycles. The lowest BCUT2D eigenvalue weighted by molar-refractivity contribution is -0.156. The normalized spacial score (nSPS) is 12.3. The number of carboxylic acids is 1. The monoisotopic (exact) mass is 312 g/mol. The number of benzene rings is 1. The van der Waals surface area contributed by atoms with E-state index >= 15 is 0 Å². The number of carbonyl (C=O) groups excluding carboxylic acids is 1. The molecule has 0 aliphatic carbocycles. The van der Waals surface area contributed by atoms with Crippen LogP contribution in [0.4, 0.5) is 0 Å². The second-order valence-electron chi connectivity index (χ2n) is 3.57. The van der Waals surface area contributed by atoms with Crippen molar-refractivity contribution in [2.75, 3.05) is 7.11 Å². The lowest BCUT2D eigenvalue weighted by atomic mass is 10.1. The van der Waals surface area contributed by atoms with E-state index in [1.807, 2.05) is 24.3 Å². The van der Waals surface area contributed by atoms with Crippen LogP contribution in [0.5, 0.6) is 0 Å². The van der Waals surface area contributed by atoms with Gasteiger partial charge in [-0.3, -0.25) is 9.59 Å². The van der Waals surface area contributed by atoms with Gasteiger partial charge in [-0.15, -0.1) is 0 Å². The zero-order valence-corrected chi connectivity index (χ0v) is 11.4. The summed E-state index contributed by atoms with van der Waals surface area (Å²) in [5.74, 6) is -3.08. The quantitative estimate of drug-likeness (QED) is 0.670. The van der Waals surface area contributed by atoms with Gasteiger partial charge in [0.05, 0.1) is 7.11 Å². The third kappa shape index (κ3) is 4.00. The van der Waals surface area contributed by atoms with Crippen molar-refractivity contribution in [2.45, 2.75) is 6.42 Å². The SMILES string of the molecule is COC(=O)C(CC=Cc1ccccc1Br)C(=O)O. The minimum atomic E-state index is -1.18. The van der Waals surface area contributed by atoms with Gasteiger partial charge in [0, 0.05) is 4.47 Å². The Bertz CT molecular complexity index is 468. The Labute approximate surface area is 113 Å². The number of halogens is 1. The lowest BCUT2D eigenvalue weighted by Crippen LogP contribution is -2.24. The van der Waals surface area contributed by atoms with Gasteiger partial charge in [-0.1, -0.05) is 46.3 Å². The van der Waals surface area contributed by atoms with Gasteiger partial charge in [0.25, 0.3) is 0 Å². The van der Waals surface area contributed by atoms with Crippen molar-refractivity contribution < 1.29 is 19.4 Å². The Morgan fingerprint density at radius 2 is 2.11 bits per heavy atom. The van der Waals surface area contributed by atoms with Crippen LogP contribution in [0.3, 0.4) is 0 Å². The Balaban J connectivity index is 2.71. The highest BCUT2D eigenvalue weighted by molar-refractivity contribution is 9.10. The van der Waals surface area contributed by atoms with Gasteiger partial charge in [-0.2, -0.15) is 0 Å². The molecule has 0 aliphatic heterocycles. The molecule has 0 spiro atoms. The molecule has 0 fully saturated rings. The number of methoxy groups -OCH3 is 1. The van der Waals surface area contributed by atoms with E-state index in [4.69, 9.17) is 5.11 Å². The van der Waals surface area contributed by atoms with Crippen LogP contribution in [0, 0.1) is 5.92 Å². The summed E-state index contributed by atoms with van der Waals surface area (Å²) in [5, 5.41) is 8.88. The first-order chi connectivity index (χ1) is 8.56. The zero-order chi connectivity index (χ0) is 13.5. The molecule has 1 aromatic rings. The first kappa shape index (κ1) is 14.4. The number of ether oxygens (including phenoxy) is 1. The Kier molecular flexibility index (Phi) is 5.58. The molecule has 1 rings (SSSR count). The van der Waals surface area contributed by atoms with Gasteiger partial charge < -0.3 is 9.84 Å². The largest absolute Gasteiger partial charge is 0.481 e. The van der Waals surface area contributed by atoms with Crippen LogP contribution in [0.2, 0.25) is 0 Å². The van der Waals surface area contributed by atoms with Gasteiger partial charge in [-0.05, 0) is 18.1 Å². The first-order valence-electron chi connectivity index (χ1n) is 5.28. The number of hydrogen-bond donors (Lipinski definition) is 1. The molecule has 0 aliphatic rings. The van der Waals surface area contributed by atoms with Crippen LogP contribution in [0.25, 0.3) is 6.08 Å². The number of esters is 1. The predicted octanol–water partition coefficient (Wildman–Crippen LogP) is 2.73. The smallest absolute Gasteiger partial charge is 0.320 e.